The highest BCUT2D eigenvalue weighted by atomic mass is 16.5. The van der Waals surface area contributed by atoms with Gasteiger partial charge in [-0.1, -0.05) is 12.1 Å². The molecule has 4 heteroatoms. The Bertz CT molecular complexity index is 593. The predicted molar refractivity (Wildman–Crippen MR) is 74.4 cm³/mol. The minimum atomic E-state index is 0.0402. The van der Waals surface area contributed by atoms with Crippen molar-refractivity contribution in [3.8, 4) is 11.5 Å². The number of amides is 1. The van der Waals surface area contributed by atoms with E-state index in [0.717, 1.165) is 10.8 Å². The number of carbonyl (C=O) groups excluding carboxylic acids is 1. The van der Waals surface area contributed by atoms with E-state index in [2.05, 4.69) is 0 Å². The second-order valence-electron chi connectivity index (χ2n) is 4.58. The molecule has 0 atom stereocenters. The Morgan fingerprint density at radius 1 is 1.16 bits per heavy atom. The van der Waals surface area contributed by atoms with Crippen LogP contribution in [0.1, 0.15) is 6.42 Å². The molecule has 0 aromatic heterocycles. The molecule has 2 rings (SSSR count). The number of phenols is 1. The number of benzene rings is 2. The van der Waals surface area contributed by atoms with Gasteiger partial charge in [-0.2, -0.15) is 0 Å². The van der Waals surface area contributed by atoms with E-state index in [4.69, 9.17) is 4.74 Å². The lowest BCUT2D eigenvalue weighted by molar-refractivity contribution is -0.129. The van der Waals surface area contributed by atoms with E-state index >= 15 is 0 Å². The molecule has 1 amide bonds. The molecule has 2 aromatic rings. The fraction of sp³-hybridized carbons (Fsp3) is 0.267. The zero-order valence-corrected chi connectivity index (χ0v) is 11.1. The van der Waals surface area contributed by atoms with Crippen LogP contribution in [0.4, 0.5) is 0 Å². The minimum Gasteiger partial charge on any atom is -0.508 e. The van der Waals surface area contributed by atoms with E-state index < -0.39 is 0 Å². The lowest BCUT2D eigenvalue weighted by atomic mass is 10.1. The molecule has 0 bridgehead atoms. The van der Waals surface area contributed by atoms with Crippen molar-refractivity contribution in [2.45, 2.75) is 6.42 Å². The molecule has 0 aliphatic carbocycles. The standard InChI is InChI=1S/C15H17NO3/c1-16(2)15(18)7-8-19-14-6-4-11-3-5-13(17)9-12(11)10-14/h3-6,9-10,17H,7-8H2,1-2H3. The van der Waals surface area contributed by atoms with Crippen LogP contribution in [-0.2, 0) is 4.79 Å². The maximum Gasteiger partial charge on any atom is 0.225 e. The molecular formula is C15H17NO3. The van der Waals surface area contributed by atoms with Crippen molar-refractivity contribution >= 4 is 16.7 Å². The van der Waals surface area contributed by atoms with Gasteiger partial charge in [0.15, 0.2) is 0 Å². The Labute approximate surface area is 112 Å². The second-order valence-corrected chi connectivity index (χ2v) is 4.58. The van der Waals surface area contributed by atoms with Crippen LogP contribution < -0.4 is 4.74 Å². The van der Waals surface area contributed by atoms with Crippen LogP contribution in [0.5, 0.6) is 11.5 Å². The van der Waals surface area contributed by atoms with Crippen molar-refractivity contribution in [3.05, 3.63) is 36.4 Å². The van der Waals surface area contributed by atoms with E-state index in [1.165, 1.54) is 0 Å². The number of rotatable bonds is 4. The number of hydrogen-bond acceptors (Lipinski definition) is 3. The van der Waals surface area contributed by atoms with Gasteiger partial charge in [-0.15, -0.1) is 0 Å². The van der Waals surface area contributed by atoms with Gasteiger partial charge in [0, 0.05) is 14.1 Å². The summed E-state index contributed by atoms with van der Waals surface area (Å²) in [5, 5.41) is 11.4. The fourth-order valence-corrected chi connectivity index (χ4v) is 1.78. The number of fused-ring (bicyclic) bond motifs is 1. The van der Waals surface area contributed by atoms with Crippen molar-refractivity contribution in [2.24, 2.45) is 0 Å². The van der Waals surface area contributed by atoms with E-state index in [1.54, 1.807) is 31.1 Å². The molecule has 19 heavy (non-hydrogen) atoms. The van der Waals surface area contributed by atoms with Gasteiger partial charge in [0.05, 0.1) is 13.0 Å². The molecule has 0 fully saturated rings. The molecular weight excluding hydrogens is 242 g/mol. The summed E-state index contributed by atoms with van der Waals surface area (Å²) in [5.41, 5.74) is 0. The lowest BCUT2D eigenvalue weighted by Gasteiger charge is -2.11. The first-order valence-electron chi connectivity index (χ1n) is 6.12. The maximum absolute atomic E-state index is 11.4. The van der Waals surface area contributed by atoms with Gasteiger partial charge in [0.2, 0.25) is 5.91 Å². The molecule has 0 saturated heterocycles. The van der Waals surface area contributed by atoms with Gasteiger partial charge in [0.25, 0.3) is 0 Å². The van der Waals surface area contributed by atoms with Crippen molar-refractivity contribution in [3.63, 3.8) is 0 Å². The molecule has 0 spiro atoms. The average molecular weight is 259 g/mol. The lowest BCUT2D eigenvalue weighted by Crippen LogP contribution is -2.23. The SMILES string of the molecule is CN(C)C(=O)CCOc1ccc2ccc(O)cc2c1. The first-order valence-corrected chi connectivity index (χ1v) is 6.12. The van der Waals surface area contributed by atoms with Gasteiger partial charge in [-0.3, -0.25) is 4.79 Å². The summed E-state index contributed by atoms with van der Waals surface area (Å²) in [6.07, 6.45) is 0.352. The molecule has 0 radical (unpaired) electrons. The number of hydrogen-bond donors (Lipinski definition) is 1. The van der Waals surface area contributed by atoms with Crippen LogP contribution in [0.15, 0.2) is 36.4 Å². The summed E-state index contributed by atoms with van der Waals surface area (Å²) < 4.78 is 5.55. The van der Waals surface area contributed by atoms with Crippen LogP contribution in [-0.4, -0.2) is 36.6 Å². The molecule has 100 valence electrons. The molecule has 0 saturated carbocycles. The van der Waals surface area contributed by atoms with E-state index in [-0.39, 0.29) is 11.7 Å². The van der Waals surface area contributed by atoms with Crippen molar-refractivity contribution in [1.82, 2.24) is 4.90 Å². The van der Waals surface area contributed by atoms with Gasteiger partial charge in [0.1, 0.15) is 11.5 Å². The highest BCUT2D eigenvalue weighted by Gasteiger charge is 2.04. The zero-order valence-electron chi connectivity index (χ0n) is 11.1. The number of phenolic OH excluding ortho intramolecular Hbond substituents is 1. The molecule has 1 N–H and O–H groups in total. The second kappa shape index (κ2) is 5.61. The topological polar surface area (TPSA) is 49.8 Å². The van der Waals surface area contributed by atoms with Crippen molar-refractivity contribution in [1.29, 1.82) is 0 Å². The number of nitrogens with zero attached hydrogens (tertiary/aromatic N) is 1. The average Bonchev–Trinajstić information content (AvgIpc) is 2.38. The quantitative estimate of drug-likeness (QED) is 0.917. The zero-order chi connectivity index (χ0) is 13.8. The van der Waals surface area contributed by atoms with Gasteiger partial charge in [-0.05, 0) is 35.0 Å². The molecule has 0 aliphatic heterocycles. The van der Waals surface area contributed by atoms with E-state index in [0.29, 0.717) is 18.8 Å². The summed E-state index contributed by atoms with van der Waals surface area (Å²) in [5.74, 6) is 0.968. The first kappa shape index (κ1) is 13.2. The summed E-state index contributed by atoms with van der Waals surface area (Å²) in [7, 11) is 3.45. The first-order chi connectivity index (χ1) is 9.06. The van der Waals surface area contributed by atoms with Crippen LogP contribution in [0.2, 0.25) is 0 Å². The molecule has 0 heterocycles. The van der Waals surface area contributed by atoms with Gasteiger partial charge < -0.3 is 14.7 Å². The molecule has 4 nitrogen and oxygen atoms in total. The Balaban J connectivity index is 2.03. The fourth-order valence-electron chi connectivity index (χ4n) is 1.78. The van der Waals surface area contributed by atoms with Crippen LogP contribution in [0.25, 0.3) is 10.8 Å². The third kappa shape index (κ3) is 3.37. The highest BCUT2D eigenvalue weighted by molar-refractivity contribution is 5.85. The van der Waals surface area contributed by atoms with E-state index in [9.17, 15) is 9.90 Å². The number of carbonyl (C=O) groups is 1. The summed E-state index contributed by atoms with van der Waals surface area (Å²) in [4.78, 5) is 12.9. The van der Waals surface area contributed by atoms with Gasteiger partial charge >= 0.3 is 0 Å². The summed E-state index contributed by atoms with van der Waals surface area (Å²) in [6.45, 7) is 0.349. The highest BCUT2D eigenvalue weighted by Crippen LogP contribution is 2.24. The predicted octanol–water partition coefficient (Wildman–Crippen LogP) is 2.40. The smallest absolute Gasteiger partial charge is 0.225 e. The Kier molecular flexibility index (Phi) is 3.90. The van der Waals surface area contributed by atoms with Crippen molar-refractivity contribution in [2.75, 3.05) is 20.7 Å². The monoisotopic (exact) mass is 259 g/mol. The van der Waals surface area contributed by atoms with Gasteiger partial charge in [-0.25, -0.2) is 0 Å². The Hall–Kier alpha value is -2.23. The third-order valence-corrected chi connectivity index (χ3v) is 2.88. The molecule has 2 aromatic carbocycles. The minimum absolute atomic E-state index is 0.0402. The number of ether oxygens (including phenoxy) is 1. The molecule has 0 unspecified atom stereocenters. The van der Waals surface area contributed by atoms with Crippen LogP contribution in [0, 0.1) is 0 Å². The third-order valence-electron chi connectivity index (χ3n) is 2.88. The number of aromatic hydroxyl groups is 1. The van der Waals surface area contributed by atoms with Crippen LogP contribution in [0.3, 0.4) is 0 Å². The summed E-state index contributed by atoms with van der Waals surface area (Å²) >= 11 is 0. The Morgan fingerprint density at radius 3 is 2.63 bits per heavy atom. The van der Waals surface area contributed by atoms with Crippen LogP contribution >= 0.6 is 0 Å². The molecule has 0 aliphatic rings. The normalized spacial score (nSPS) is 10.4. The van der Waals surface area contributed by atoms with E-state index in [1.807, 2.05) is 24.3 Å². The Morgan fingerprint density at radius 2 is 1.89 bits per heavy atom. The summed E-state index contributed by atoms with van der Waals surface area (Å²) in [6, 6.07) is 10.8. The van der Waals surface area contributed by atoms with Crippen molar-refractivity contribution < 1.29 is 14.6 Å². The largest absolute Gasteiger partial charge is 0.508 e. The maximum atomic E-state index is 11.4.